The van der Waals surface area contributed by atoms with E-state index in [1.165, 1.54) is 34.6 Å². The Labute approximate surface area is 283 Å². The summed E-state index contributed by atoms with van der Waals surface area (Å²) in [4.78, 5) is 70.7. The molecule has 48 heavy (non-hydrogen) atoms. The van der Waals surface area contributed by atoms with Gasteiger partial charge in [-0.05, 0) is 31.1 Å². The third-order valence-electron chi connectivity index (χ3n) is 7.52. The normalized spacial score (nSPS) is 20.2. The van der Waals surface area contributed by atoms with Gasteiger partial charge in [-0.3, -0.25) is 29.4 Å². The summed E-state index contributed by atoms with van der Waals surface area (Å²) in [6.07, 6.45) is 5.41. The van der Waals surface area contributed by atoms with Crippen LogP contribution in [0.2, 0.25) is 0 Å². The van der Waals surface area contributed by atoms with Crippen molar-refractivity contribution in [3.63, 3.8) is 0 Å². The van der Waals surface area contributed by atoms with Crippen molar-refractivity contribution >= 4 is 80.0 Å². The number of hydrogen-bond acceptors (Lipinski definition) is 14. The van der Waals surface area contributed by atoms with Gasteiger partial charge < -0.3 is 26.3 Å². The number of amides is 4. The van der Waals surface area contributed by atoms with Crippen LogP contribution in [0.3, 0.4) is 0 Å². The number of nitrogens with two attached hydrogens (primary N) is 1. The summed E-state index contributed by atoms with van der Waals surface area (Å²) in [7, 11) is 0. The van der Waals surface area contributed by atoms with Gasteiger partial charge in [-0.25, -0.2) is 9.78 Å². The molecule has 2 atom stereocenters. The molecule has 3 aliphatic heterocycles. The van der Waals surface area contributed by atoms with Crippen LogP contribution >= 0.6 is 34.4 Å². The second-order valence-electron chi connectivity index (χ2n) is 10.8. The minimum absolute atomic E-state index is 0.0298. The maximum absolute atomic E-state index is 13.4. The Hall–Kier alpha value is -5.21. The van der Waals surface area contributed by atoms with E-state index in [2.05, 4.69) is 31.0 Å². The first-order valence-electron chi connectivity index (χ1n) is 14.3. The van der Waals surface area contributed by atoms with Crippen LogP contribution in [0, 0.1) is 6.92 Å². The lowest BCUT2D eigenvalue weighted by molar-refractivity contribution is -0.684. The number of anilines is 2. The molecule has 3 aliphatic rings. The van der Waals surface area contributed by atoms with E-state index < -0.39 is 34.9 Å². The lowest BCUT2D eigenvalue weighted by Crippen LogP contribution is -2.71. The van der Waals surface area contributed by atoms with Gasteiger partial charge in [0.25, 0.3) is 17.7 Å². The predicted molar refractivity (Wildman–Crippen MR) is 173 cm³/mol. The lowest BCUT2D eigenvalue weighted by Gasteiger charge is -2.49. The minimum Gasteiger partial charge on any atom is -0.477 e. The third-order valence-corrected chi connectivity index (χ3v) is 10.2. The van der Waals surface area contributed by atoms with Crippen LogP contribution in [0.5, 0.6) is 0 Å². The zero-order chi connectivity index (χ0) is 34.1. The quantitative estimate of drug-likeness (QED) is 0.0470. The molecule has 20 heteroatoms. The summed E-state index contributed by atoms with van der Waals surface area (Å²) in [6, 6.07) is 2.55. The number of rotatable bonds is 10. The molecule has 3 aromatic rings. The lowest BCUT2D eigenvalue weighted by atomic mass is 10.0. The Kier molecular flexibility index (Phi) is 9.20. The highest BCUT2D eigenvalue weighted by atomic mass is 32.2. The maximum Gasteiger partial charge on any atom is 0.352 e. The van der Waals surface area contributed by atoms with Gasteiger partial charge in [-0.1, -0.05) is 16.5 Å². The number of thioether (sulfide) groups is 1. The topological polar surface area (TPSA) is 237 Å². The highest BCUT2D eigenvalue weighted by Crippen LogP contribution is 2.41. The van der Waals surface area contributed by atoms with Gasteiger partial charge >= 0.3 is 5.97 Å². The fraction of sp³-hybridized carbons (Fsp3) is 0.286. The Bertz CT molecular complexity index is 1940. The number of pyridine rings is 1. The number of carbonyl (C=O) groups excluding carboxylic acids is 4. The number of carboxylic acids is 1. The highest BCUT2D eigenvalue weighted by molar-refractivity contribution is 8.00. The molecule has 0 aromatic carbocycles. The van der Waals surface area contributed by atoms with E-state index in [1.54, 1.807) is 34.9 Å². The standard InChI is InChI=1S/C28H26N10O7S3/c1-13-33-34-28(48-13)31-18(39)10-36-5-2-3-14(8-36)9-37-6-4-15(23(37)41)7-16-11-46-25-20(24(42)38(25)21(16)26(43)44)32-22(40)19(35-45)17-12-47-27(29)30-17/h2-3,5,7-8,12,20,25H,4,6,9-11H2,1H3,(H5-,29,30,31,32,34,39,40,43,44,45)/p+1/b15-7+/t20-,25-/m1/s1. The average molecular weight is 712 g/mol. The number of nitrogens with one attached hydrogen (secondary N) is 2. The van der Waals surface area contributed by atoms with E-state index in [0.29, 0.717) is 29.2 Å². The maximum atomic E-state index is 13.4. The molecule has 248 valence electrons. The third kappa shape index (κ3) is 6.62. The van der Waals surface area contributed by atoms with Crippen LogP contribution in [0.25, 0.3) is 0 Å². The van der Waals surface area contributed by atoms with Crippen LogP contribution in [-0.2, 0) is 37.1 Å². The first kappa shape index (κ1) is 32.7. The monoisotopic (exact) mass is 711 g/mol. The summed E-state index contributed by atoms with van der Waals surface area (Å²) < 4.78 is 1.70. The number of fused-ring (bicyclic) bond motifs is 1. The summed E-state index contributed by atoms with van der Waals surface area (Å²) in [5.74, 6) is -3.25. The van der Waals surface area contributed by atoms with Crippen molar-refractivity contribution in [3.8, 4) is 0 Å². The van der Waals surface area contributed by atoms with Gasteiger partial charge in [0.05, 0.1) is 6.54 Å². The molecule has 6 N–H and O–H groups in total. The molecule has 2 saturated heterocycles. The number of thiazole rings is 1. The number of carboxylic acid groups (broad SMARTS) is 1. The van der Waals surface area contributed by atoms with Gasteiger partial charge in [0.2, 0.25) is 17.6 Å². The number of nitrogen functional groups attached to an aromatic ring is 1. The summed E-state index contributed by atoms with van der Waals surface area (Å²) in [5.41, 5.74) is 6.43. The number of carbonyl (C=O) groups is 5. The molecule has 3 aromatic heterocycles. The largest absolute Gasteiger partial charge is 0.477 e. The molecular formula is C28H27N10O7S3+. The number of oxime groups is 1. The number of aliphatic carboxylic acids is 1. The fourth-order valence-electron chi connectivity index (χ4n) is 5.40. The molecule has 6 heterocycles. The molecule has 0 bridgehead atoms. The number of nitrogens with zero attached hydrogens (tertiary/aromatic N) is 7. The second kappa shape index (κ2) is 13.5. The number of hydrogen-bond donors (Lipinski definition) is 5. The van der Waals surface area contributed by atoms with E-state index >= 15 is 0 Å². The van der Waals surface area contributed by atoms with E-state index in [4.69, 9.17) is 5.73 Å². The average Bonchev–Trinajstić information content (AvgIpc) is 3.76. The van der Waals surface area contributed by atoms with Gasteiger partial charge in [-0.2, -0.15) is 4.57 Å². The molecule has 2 fully saturated rings. The molecule has 17 nitrogen and oxygen atoms in total. The van der Waals surface area contributed by atoms with E-state index in [0.717, 1.165) is 26.8 Å². The highest BCUT2D eigenvalue weighted by Gasteiger charge is 2.54. The van der Waals surface area contributed by atoms with Crippen LogP contribution in [0.4, 0.5) is 10.3 Å². The van der Waals surface area contributed by atoms with Crippen molar-refractivity contribution in [2.75, 3.05) is 23.3 Å². The van der Waals surface area contributed by atoms with Crippen LogP contribution in [0.15, 0.2) is 58.0 Å². The predicted octanol–water partition coefficient (Wildman–Crippen LogP) is 0.0872. The fourth-order valence-corrected chi connectivity index (χ4v) is 7.86. The van der Waals surface area contributed by atoms with Crippen LogP contribution in [0.1, 0.15) is 22.7 Å². The van der Waals surface area contributed by atoms with E-state index in [9.17, 15) is 34.3 Å². The van der Waals surface area contributed by atoms with E-state index in [1.807, 2.05) is 6.07 Å². The van der Waals surface area contributed by atoms with Crippen molar-refractivity contribution in [1.29, 1.82) is 0 Å². The molecule has 0 saturated carbocycles. The second-order valence-corrected chi connectivity index (χ2v) is 13.9. The number of allylic oxidation sites excluding steroid dienone is 1. The van der Waals surface area contributed by atoms with Gasteiger partial charge in [0.15, 0.2) is 23.2 Å². The van der Waals surface area contributed by atoms with Crippen molar-refractivity contribution in [1.82, 2.24) is 30.3 Å². The molecular weight excluding hydrogens is 685 g/mol. The number of likely N-dealkylation sites (tertiary alicyclic amines) is 1. The van der Waals surface area contributed by atoms with Gasteiger partial charge in [-0.15, -0.1) is 33.3 Å². The smallest absolute Gasteiger partial charge is 0.352 e. The molecule has 6 rings (SSSR count). The molecule has 0 radical (unpaired) electrons. The number of β-lactam (4-membered cyclic amide) rings is 1. The minimum atomic E-state index is -1.35. The zero-order valence-corrected chi connectivity index (χ0v) is 27.5. The van der Waals surface area contributed by atoms with Crippen LogP contribution in [-0.4, -0.2) is 94.3 Å². The summed E-state index contributed by atoms with van der Waals surface area (Å²) >= 11 is 3.54. The summed E-state index contributed by atoms with van der Waals surface area (Å²) in [5, 5.41) is 37.4. The summed E-state index contributed by atoms with van der Waals surface area (Å²) in [6.45, 7) is 2.50. The molecule has 0 aliphatic carbocycles. The van der Waals surface area contributed by atoms with Gasteiger partial charge in [0, 0.05) is 34.9 Å². The van der Waals surface area contributed by atoms with E-state index in [-0.39, 0.29) is 47.2 Å². The van der Waals surface area contributed by atoms with Crippen molar-refractivity contribution < 1.29 is 38.9 Å². The van der Waals surface area contributed by atoms with Crippen molar-refractivity contribution in [2.24, 2.45) is 5.16 Å². The number of aromatic nitrogens is 4. The zero-order valence-electron chi connectivity index (χ0n) is 25.0. The SMILES string of the molecule is Cc1nnc(NC(=O)C[n+]2cccc(CN3CC/C(=C\C4=C(C(=O)O)N5C(=O)[C@@H](NC(=O)/C(=N\O)c6csc(N)n6)[C@H]5SC4)C3=O)c2)s1. The van der Waals surface area contributed by atoms with Crippen LogP contribution < -0.4 is 20.9 Å². The first-order chi connectivity index (χ1) is 23.0. The Balaban J connectivity index is 1.11. The molecule has 4 amide bonds. The van der Waals surface area contributed by atoms with Gasteiger partial charge in [0.1, 0.15) is 27.8 Å². The van der Waals surface area contributed by atoms with Crippen molar-refractivity contribution in [2.45, 2.75) is 37.8 Å². The molecule has 0 spiro atoms. The Morgan fingerprint density at radius 3 is 2.77 bits per heavy atom. The first-order valence-corrected chi connectivity index (χ1v) is 17.0. The number of aryl methyl sites for hydroxylation is 1. The van der Waals surface area contributed by atoms with Crippen molar-refractivity contribution in [3.05, 3.63) is 69.1 Å². The molecule has 0 unspecified atom stereocenters. The Morgan fingerprint density at radius 1 is 1.27 bits per heavy atom. The Morgan fingerprint density at radius 2 is 2.08 bits per heavy atom.